The van der Waals surface area contributed by atoms with E-state index in [4.69, 9.17) is 10.2 Å². The van der Waals surface area contributed by atoms with Gasteiger partial charge in [-0.15, -0.1) is 0 Å². The predicted molar refractivity (Wildman–Crippen MR) is 50.0 cm³/mol. The molecule has 0 aromatic carbocycles. The third kappa shape index (κ3) is 2.11. The summed E-state index contributed by atoms with van der Waals surface area (Å²) in [6.07, 6.45) is 1.47. The first-order valence-corrected chi connectivity index (χ1v) is 5.52. The minimum Gasteiger partial charge on any atom is -0.394 e. The number of aliphatic hydroxyl groups is 1. The van der Waals surface area contributed by atoms with E-state index in [0.29, 0.717) is 0 Å². The van der Waals surface area contributed by atoms with E-state index in [1.54, 1.807) is 13.8 Å². The molecule has 1 rings (SSSR count). The minimum atomic E-state index is -3.76. The van der Waals surface area contributed by atoms with Crippen LogP contribution in [0.2, 0.25) is 0 Å². The molecule has 3 N–H and O–H groups in total. The number of aliphatic hydroxyl groups excluding tert-OH is 1. The molecule has 0 unspecified atom stereocenters. The van der Waals surface area contributed by atoms with Gasteiger partial charge in [-0.1, -0.05) is 0 Å². The van der Waals surface area contributed by atoms with E-state index in [2.05, 4.69) is 5.10 Å². The van der Waals surface area contributed by atoms with Gasteiger partial charge < -0.3 is 5.11 Å². The fourth-order valence-corrected chi connectivity index (χ4v) is 1.32. The van der Waals surface area contributed by atoms with E-state index in [-0.39, 0.29) is 11.6 Å². The Morgan fingerprint density at radius 3 is 2.57 bits per heavy atom. The molecule has 6 nitrogen and oxygen atoms in total. The molecule has 1 heterocycles. The van der Waals surface area contributed by atoms with Crippen LogP contribution < -0.4 is 5.14 Å². The lowest BCUT2D eigenvalue weighted by Gasteiger charge is -2.21. The number of rotatable bonds is 3. The summed E-state index contributed by atoms with van der Waals surface area (Å²) in [6.45, 7) is 3.32. The van der Waals surface area contributed by atoms with Crippen LogP contribution in [0.4, 0.5) is 0 Å². The molecular formula is C7H13N3O3S. The van der Waals surface area contributed by atoms with Crippen LogP contribution in [0.1, 0.15) is 13.8 Å². The van der Waals surface area contributed by atoms with Gasteiger partial charge in [-0.2, -0.15) is 5.10 Å². The molecule has 0 fully saturated rings. The third-order valence-electron chi connectivity index (χ3n) is 1.86. The fourth-order valence-electron chi connectivity index (χ4n) is 0.869. The number of nitrogens with zero attached hydrogens (tertiary/aromatic N) is 2. The highest BCUT2D eigenvalue weighted by Gasteiger charge is 2.22. The molecule has 0 amide bonds. The Labute approximate surface area is 82.4 Å². The molecule has 0 bridgehead atoms. The number of primary sulfonamides is 1. The van der Waals surface area contributed by atoms with Gasteiger partial charge in [0.1, 0.15) is 0 Å². The van der Waals surface area contributed by atoms with Gasteiger partial charge in [-0.25, -0.2) is 13.6 Å². The lowest BCUT2D eigenvalue weighted by molar-refractivity contribution is 0.151. The maximum atomic E-state index is 10.9. The predicted octanol–water partition coefficient (Wildman–Crippen LogP) is -0.742. The normalized spacial score (nSPS) is 13.1. The molecule has 14 heavy (non-hydrogen) atoms. The lowest BCUT2D eigenvalue weighted by Crippen LogP contribution is -2.31. The quantitative estimate of drug-likeness (QED) is 0.699. The molecule has 0 spiro atoms. The highest BCUT2D eigenvalue weighted by Crippen LogP contribution is 2.14. The van der Waals surface area contributed by atoms with Crippen molar-refractivity contribution in [1.29, 1.82) is 0 Å². The summed E-state index contributed by atoms with van der Waals surface area (Å²) in [5, 5.41) is 17.5. The van der Waals surface area contributed by atoms with Crippen LogP contribution >= 0.6 is 0 Å². The molecule has 0 aliphatic heterocycles. The van der Waals surface area contributed by atoms with Gasteiger partial charge in [0.15, 0.2) is 5.03 Å². The van der Waals surface area contributed by atoms with Crippen molar-refractivity contribution in [3.05, 3.63) is 12.3 Å². The number of hydrogen-bond donors (Lipinski definition) is 2. The first-order valence-electron chi connectivity index (χ1n) is 3.97. The SMILES string of the molecule is CC(C)(CO)n1ccc(S(N)(=O)=O)n1. The monoisotopic (exact) mass is 219 g/mol. The molecule has 0 radical (unpaired) electrons. The van der Waals surface area contributed by atoms with Crippen molar-refractivity contribution in [3.63, 3.8) is 0 Å². The van der Waals surface area contributed by atoms with Crippen LogP contribution in [0.25, 0.3) is 0 Å². The maximum Gasteiger partial charge on any atom is 0.257 e. The van der Waals surface area contributed by atoms with E-state index in [1.807, 2.05) is 0 Å². The first kappa shape index (κ1) is 11.2. The molecule has 0 atom stereocenters. The van der Waals surface area contributed by atoms with Crippen molar-refractivity contribution in [2.24, 2.45) is 5.14 Å². The number of nitrogens with two attached hydrogens (primary N) is 1. The standard InChI is InChI=1S/C7H13N3O3S/c1-7(2,5-11)10-4-3-6(9-10)14(8,12)13/h3-4,11H,5H2,1-2H3,(H2,8,12,13). The van der Waals surface area contributed by atoms with E-state index in [0.717, 1.165) is 0 Å². The van der Waals surface area contributed by atoms with Gasteiger partial charge in [0.25, 0.3) is 10.0 Å². The highest BCUT2D eigenvalue weighted by molar-refractivity contribution is 7.89. The molecule has 0 saturated carbocycles. The fraction of sp³-hybridized carbons (Fsp3) is 0.571. The number of sulfonamides is 1. The average Bonchev–Trinajstić information content (AvgIpc) is 2.51. The van der Waals surface area contributed by atoms with Gasteiger partial charge in [0.05, 0.1) is 12.1 Å². The Balaban J connectivity index is 3.13. The Hall–Kier alpha value is -0.920. The highest BCUT2D eigenvalue weighted by atomic mass is 32.2. The third-order valence-corrected chi connectivity index (χ3v) is 2.66. The number of aromatic nitrogens is 2. The largest absolute Gasteiger partial charge is 0.394 e. The van der Waals surface area contributed by atoms with Crippen LogP contribution in [0.5, 0.6) is 0 Å². The van der Waals surface area contributed by atoms with Crippen molar-refractivity contribution in [2.75, 3.05) is 6.61 Å². The molecule has 0 saturated heterocycles. The first-order chi connectivity index (χ1) is 6.27. The molecule has 1 aromatic heterocycles. The molecule has 0 aliphatic rings. The van der Waals surface area contributed by atoms with Gasteiger partial charge in [-0.3, -0.25) is 4.68 Å². The van der Waals surface area contributed by atoms with E-state index in [1.165, 1.54) is 16.9 Å². The minimum absolute atomic E-state index is 0.140. The van der Waals surface area contributed by atoms with Crippen LogP contribution in [0.15, 0.2) is 17.3 Å². The summed E-state index contributed by atoms with van der Waals surface area (Å²) in [5.74, 6) is 0. The van der Waals surface area contributed by atoms with Gasteiger partial charge in [-0.05, 0) is 19.9 Å². The Bertz CT molecular complexity index is 421. The summed E-state index contributed by atoms with van der Waals surface area (Å²) >= 11 is 0. The molecule has 0 aliphatic carbocycles. The van der Waals surface area contributed by atoms with Gasteiger partial charge in [0.2, 0.25) is 0 Å². The Morgan fingerprint density at radius 1 is 1.64 bits per heavy atom. The van der Waals surface area contributed by atoms with E-state index < -0.39 is 15.6 Å². The second kappa shape index (κ2) is 3.34. The Kier molecular flexibility index (Phi) is 2.66. The van der Waals surface area contributed by atoms with Crippen molar-refractivity contribution < 1.29 is 13.5 Å². The number of hydrogen-bond acceptors (Lipinski definition) is 4. The van der Waals surface area contributed by atoms with Crippen molar-refractivity contribution >= 4 is 10.0 Å². The zero-order valence-corrected chi connectivity index (χ0v) is 8.82. The zero-order valence-electron chi connectivity index (χ0n) is 8.01. The van der Waals surface area contributed by atoms with Crippen LogP contribution in [0, 0.1) is 0 Å². The second-order valence-electron chi connectivity index (χ2n) is 3.61. The topological polar surface area (TPSA) is 98.2 Å². The van der Waals surface area contributed by atoms with E-state index in [9.17, 15) is 8.42 Å². The van der Waals surface area contributed by atoms with Gasteiger partial charge >= 0.3 is 0 Å². The summed E-state index contributed by atoms with van der Waals surface area (Å²) in [4.78, 5) is 0. The summed E-state index contributed by atoms with van der Waals surface area (Å²) < 4.78 is 23.2. The van der Waals surface area contributed by atoms with Crippen molar-refractivity contribution in [1.82, 2.24) is 9.78 Å². The van der Waals surface area contributed by atoms with Crippen LogP contribution in [-0.4, -0.2) is 29.9 Å². The summed E-state index contributed by atoms with van der Waals surface area (Å²) in [7, 11) is -3.76. The lowest BCUT2D eigenvalue weighted by atomic mass is 10.1. The molecule has 80 valence electrons. The average molecular weight is 219 g/mol. The summed E-state index contributed by atoms with van der Waals surface area (Å²) in [6, 6.07) is 1.30. The Morgan fingerprint density at radius 2 is 2.21 bits per heavy atom. The van der Waals surface area contributed by atoms with Crippen molar-refractivity contribution in [2.45, 2.75) is 24.4 Å². The van der Waals surface area contributed by atoms with Crippen molar-refractivity contribution in [3.8, 4) is 0 Å². The van der Waals surface area contributed by atoms with E-state index >= 15 is 0 Å². The van der Waals surface area contributed by atoms with Gasteiger partial charge in [0, 0.05) is 6.20 Å². The smallest absolute Gasteiger partial charge is 0.257 e. The maximum absolute atomic E-state index is 10.9. The van der Waals surface area contributed by atoms with Crippen LogP contribution in [-0.2, 0) is 15.6 Å². The molecule has 1 aromatic rings. The summed E-state index contributed by atoms with van der Waals surface area (Å²) in [5.41, 5.74) is -0.636. The second-order valence-corrected chi connectivity index (χ2v) is 5.12. The molecular weight excluding hydrogens is 206 g/mol. The van der Waals surface area contributed by atoms with Crippen LogP contribution in [0.3, 0.4) is 0 Å². The zero-order chi connectivity index (χ0) is 11.0. The molecule has 7 heteroatoms.